The number of benzene rings is 3. The molecule has 0 fully saturated rings. The zero-order chi connectivity index (χ0) is 18.8. The number of aromatic hydroxyl groups is 2. The van der Waals surface area contributed by atoms with Gasteiger partial charge in [-0.25, -0.2) is 9.59 Å². The van der Waals surface area contributed by atoms with E-state index in [1.54, 1.807) is 36.4 Å². The Morgan fingerprint density at radius 2 is 0.846 bits per heavy atom. The molecule has 0 unspecified atom stereocenters. The van der Waals surface area contributed by atoms with Crippen molar-refractivity contribution in [1.29, 1.82) is 0 Å². The summed E-state index contributed by atoms with van der Waals surface area (Å²) in [5.41, 5.74) is 2.38. The van der Waals surface area contributed by atoms with E-state index in [4.69, 9.17) is 10.2 Å². The lowest BCUT2D eigenvalue weighted by Crippen LogP contribution is -1.97. The van der Waals surface area contributed by atoms with Crippen molar-refractivity contribution >= 4 is 11.9 Å². The fourth-order valence-electron chi connectivity index (χ4n) is 2.63. The van der Waals surface area contributed by atoms with Crippen LogP contribution in [0.4, 0.5) is 0 Å². The van der Waals surface area contributed by atoms with Crippen LogP contribution < -0.4 is 0 Å². The lowest BCUT2D eigenvalue weighted by Gasteiger charge is -2.08. The molecule has 0 spiro atoms. The fourth-order valence-corrected chi connectivity index (χ4v) is 2.63. The zero-order valence-electron chi connectivity index (χ0n) is 13.4. The van der Waals surface area contributed by atoms with Crippen LogP contribution in [0.3, 0.4) is 0 Å². The molecular formula is C20H14O6. The summed E-state index contributed by atoms with van der Waals surface area (Å²) in [5, 5.41) is 37.4. The minimum Gasteiger partial charge on any atom is -0.507 e. The van der Waals surface area contributed by atoms with E-state index in [1.165, 1.54) is 24.3 Å². The van der Waals surface area contributed by atoms with Gasteiger partial charge in [-0.05, 0) is 46.5 Å². The van der Waals surface area contributed by atoms with Gasteiger partial charge in [0.25, 0.3) is 0 Å². The number of hydrogen-bond acceptors (Lipinski definition) is 4. The highest BCUT2D eigenvalue weighted by atomic mass is 16.4. The number of rotatable bonds is 4. The Morgan fingerprint density at radius 3 is 1.15 bits per heavy atom. The van der Waals surface area contributed by atoms with Gasteiger partial charge in [0.05, 0.1) is 0 Å². The highest BCUT2D eigenvalue weighted by molar-refractivity contribution is 5.93. The van der Waals surface area contributed by atoms with Crippen molar-refractivity contribution in [2.24, 2.45) is 0 Å². The molecule has 26 heavy (non-hydrogen) atoms. The van der Waals surface area contributed by atoms with Gasteiger partial charge >= 0.3 is 11.9 Å². The van der Waals surface area contributed by atoms with Crippen LogP contribution in [0.25, 0.3) is 22.3 Å². The van der Waals surface area contributed by atoms with Gasteiger partial charge in [-0.1, -0.05) is 36.4 Å². The van der Waals surface area contributed by atoms with E-state index in [9.17, 15) is 19.8 Å². The molecule has 0 aromatic heterocycles. The van der Waals surface area contributed by atoms with Gasteiger partial charge in [0.15, 0.2) is 0 Å². The topological polar surface area (TPSA) is 115 Å². The van der Waals surface area contributed by atoms with Gasteiger partial charge in [-0.15, -0.1) is 0 Å². The third-order valence-electron chi connectivity index (χ3n) is 4.01. The molecule has 0 radical (unpaired) electrons. The van der Waals surface area contributed by atoms with E-state index >= 15 is 0 Å². The number of carboxylic acid groups (broad SMARTS) is 2. The van der Waals surface area contributed by atoms with Crippen molar-refractivity contribution < 1.29 is 30.0 Å². The molecule has 0 aliphatic rings. The molecule has 0 bridgehead atoms. The Labute approximate surface area is 148 Å². The molecular weight excluding hydrogens is 336 g/mol. The Bertz CT molecular complexity index is 923. The van der Waals surface area contributed by atoms with Crippen LogP contribution in [-0.2, 0) is 0 Å². The maximum atomic E-state index is 11.1. The summed E-state index contributed by atoms with van der Waals surface area (Å²) in [6.07, 6.45) is 0. The highest BCUT2D eigenvalue weighted by Crippen LogP contribution is 2.30. The summed E-state index contributed by atoms with van der Waals surface area (Å²) in [6, 6.07) is 15.7. The second-order valence-corrected chi connectivity index (χ2v) is 5.65. The van der Waals surface area contributed by atoms with Crippen molar-refractivity contribution in [3.05, 3.63) is 71.8 Å². The Balaban J connectivity index is 1.97. The number of phenols is 2. The lowest BCUT2D eigenvalue weighted by molar-refractivity contribution is 0.0682. The summed E-state index contributed by atoms with van der Waals surface area (Å²) < 4.78 is 0. The largest absolute Gasteiger partial charge is 0.507 e. The first-order chi connectivity index (χ1) is 12.4. The molecule has 0 atom stereocenters. The Hall–Kier alpha value is -3.80. The summed E-state index contributed by atoms with van der Waals surface area (Å²) in [5.74, 6) is -3.04. The van der Waals surface area contributed by atoms with Gasteiger partial charge in [0.1, 0.15) is 22.6 Å². The van der Waals surface area contributed by atoms with E-state index in [2.05, 4.69) is 0 Å². The Morgan fingerprint density at radius 1 is 0.538 bits per heavy atom. The monoisotopic (exact) mass is 350 g/mol. The first-order valence-corrected chi connectivity index (χ1v) is 7.60. The lowest BCUT2D eigenvalue weighted by atomic mass is 9.98. The molecule has 0 aliphatic carbocycles. The van der Waals surface area contributed by atoms with Gasteiger partial charge in [-0.3, -0.25) is 0 Å². The zero-order valence-corrected chi connectivity index (χ0v) is 13.4. The summed E-state index contributed by atoms with van der Waals surface area (Å²) in [6.45, 7) is 0. The molecule has 6 nitrogen and oxygen atoms in total. The van der Waals surface area contributed by atoms with Crippen LogP contribution in [-0.4, -0.2) is 32.4 Å². The molecule has 4 N–H and O–H groups in total. The van der Waals surface area contributed by atoms with Crippen molar-refractivity contribution in [2.75, 3.05) is 0 Å². The SMILES string of the molecule is O=C(O)c1cc(-c2ccc(-c3ccc(O)c(C(=O)O)c3)cc2)ccc1O. The summed E-state index contributed by atoms with van der Waals surface area (Å²) in [7, 11) is 0. The van der Waals surface area contributed by atoms with Crippen LogP contribution in [0.2, 0.25) is 0 Å². The highest BCUT2D eigenvalue weighted by Gasteiger charge is 2.13. The fraction of sp³-hybridized carbons (Fsp3) is 0. The molecule has 0 saturated heterocycles. The maximum Gasteiger partial charge on any atom is 0.339 e. The van der Waals surface area contributed by atoms with Crippen LogP contribution in [0, 0.1) is 0 Å². The third-order valence-corrected chi connectivity index (χ3v) is 4.01. The van der Waals surface area contributed by atoms with Crippen LogP contribution in [0.15, 0.2) is 60.7 Å². The molecule has 3 aromatic carbocycles. The average Bonchev–Trinajstić information content (AvgIpc) is 2.62. The van der Waals surface area contributed by atoms with Gasteiger partial charge < -0.3 is 20.4 Å². The van der Waals surface area contributed by atoms with E-state index < -0.39 is 11.9 Å². The quantitative estimate of drug-likeness (QED) is 0.568. The number of carbonyl (C=O) groups is 2. The third kappa shape index (κ3) is 3.21. The van der Waals surface area contributed by atoms with E-state index in [0.717, 1.165) is 11.1 Å². The minimum absolute atomic E-state index is 0.184. The molecule has 0 heterocycles. The number of carboxylic acids is 2. The van der Waals surface area contributed by atoms with E-state index in [-0.39, 0.29) is 22.6 Å². The first-order valence-electron chi connectivity index (χ1n) is 7.60. The normalized spacial score (nSPS) is 10.5. The van der Waals surface area contributed by atoms with Crippen molar-refractivity contribution in [2.45, 2.75) is 0 Å². The summed E-state index contributed by atoms with van der Waals surface area (Å²) >= 11 is 0. The number of aromatic carboxylic acids is 2. The van der Waals surface area contributed by atoms with Crippen LogP contribution in [0.1, 0.15) is 20.7 Å². The van der Waals surface area contributed by atoms with E-state index in [0.29, 0.717) is 11.1 Å². The molecule has 3 rings (SSSR count). The number of hydrogen-bond donors (Lipinski definition) is 4. The minimum atomic E-state index is -1.22. The Kier molecular flexibility index (Phi) is 4.33. The predicted octanol–water partition coefficient (Wildman–Crippen LogP) is 3.83. The van der Waals surface area contributed by atoms with Crippen LogP contribution >= 0.6 is 0 Å². The first kappa shape index (κ1) is 17.0. The molecule has 0 aliphatic heterocycles. The average molecular weight is 350 g/mol. The second kappa shape index (κ2) is 6.60. The maximum absolute atomic E-state index is 11.1. The second-order valence-electron chi connectivity index (χ2n) is 5.65. The molecule has 6 heteroatoms. The molecule has 130 valence electrons. The molecule has 3 aromatic rings. The van der Waals surface area contributed by atoms with Gasteiger partial charge in [0.2, 0.25) is 0 Å². The van der Waals surface area contributed by atoms with Crippen LogP contribution in [0.5, 0.6) is 11.5 Å². The van der Waals surface area contributed by atoms with E-state index in [1.807, 2.05) is 0 Å². The summed E-state index contributed by atoms with van der Waals surface area (Å²) in [4.78, 5) is 22.3. The molecule has 0 amide bonds. The standard InChI is InChI=1S/C20H14O6/c21-17-7-5-13(9-15(17)19(23)24)11-1-2-12(4-3-11)14-6-8-18(22)16(10-14)20(25)26/h1-10,21-22H,(H,23,24)(H,25,26). The van der Waals surface area contributed by atoms with Gasteiger partial charge in [-0.2, -0.15) is 0 Å². The smallest absolute Gasteiger partial charge is 0.339 e. The van der Waals surface area contributed by atoms with Gasteiger partial charge in [0, 0.05) is 0 Å². The van der Waals surface area contributed by atoms with Crippen molar-refractivity contribution in [3.8, 4) is 33.8 Å². The van der Waals surface area contributed by atoms with Crippen molar-refractivity contribution in [3.63, 3.8) is 0 Å². The molecule has 0 saturated carbocycles. The van der Waals surface area contributed by atoms with Crippen molar-refractivity contribution in [1.82, 2.24) is 0 Å². The predicted molar refractivity (Wildman–Crippen MR) is 94.6 cm³/mol.